The van der Waals surface area contributed by atoms with E-state index in [4.69, 9.17) is 33.7 Å². The molecule has 0 amide bonds. The topological polar surface area (TPSA) is 52.5 Å². The molecule has 0 aliphatic rings. The smallest absolute Gasteiger partial charge is 0.158 e. The summed E-state index contributed by atoms with van der Waals surface area (Å²) in [5, 5.41) is 0.951. The van der Waals surface area contributed by atoms with Gasteiger partial charge >= 0.3 is 0 Å². The van der Waals surface area contributed by atoms with E-state index in [2.05, 4.69) is 20.9 Å². The second-order valence-corrected chi connectivity index (χ2v) is 6.09. The fraction of sp³-hybridized carbons (Fsp3) is 0.0714. The fourth-order valence-corrected chi connectivity index (χ4v) is 3.17. The summed E-state index contributed by atoms with van der Waals surface area (Å²) in [5.74, 6) is 1.22. The number of fused-ring (bicyclic) bond motifs is 1. The first-order valence-electron chi connectivity index (χ1n) is 5.97. The van der Waals surface area contributed by atoms with E-state index in [9.17, 15) is 0 Å². The monoisotopic (exact) mass is 385 g/mol. The first-order valence-corrected chi connectivity index (χ1v) is 7.52. The van der Waals surface area contributed by atoms with Crippen LogP contribution in [0.2, 0.25) is 10.0 Å². The third-order valence-corrected chi connectivity index (χ3v) is 4.21. The molecule has 0 saturated heterocycles. The number of aromatic nitrogens is 2. The molecule has 0 aliphatic heterocycles. The summed E-state index contributed by atoms with van der Waals surface area (Å²) in [7, 11) is 1.61. The minimum atomic E-state index is 0.452. The average Bonchev–Trinajstić information content (AvgIpc) is 2.77. The lowest BCUT2D eigenvalue weighted by molar-refractivity contribution is 0.412. The Bertz CT molecular complexity index is 848. The van der Waals surface area contributed by atoms with Crippen molar-refractivity contribution in [2.75, 3.05) is 12.8 Å². The number of hydrogen-bond acceptors (Lipinski definition) is 3. The molecule has 0 unspecified atom stereocenters. The van der Waals surface area contributed by atoms with E-state index in [0.29, 0.717) is 27.2 Å². The number of nitrogens with two attached hydrogens (primary N) is 1. The largest absolute Gasteiger partial charge is 0.496 e. The molecule has 2 aromatic heterocycles. The number of benzene rings is 1. The quantitative estimate of drug-likeness (QED) is 0.696. The van der Waals surface area contributed by atoms with Crippen molar-refractivity contribution < 1.29 is 4.74 Å². The molecule has 2 heterocycles. The van der Waals surface area contributed by atoms with Crippen LogP contribution in [-0.2, 0) is 0 Å². The van der Waals surface area contributed by atoms with Crippen molar-refractivity contribution >= 4 is 50.6 Å². The fourth-order valence-electron chi connectivity index (χ4n) is 2.12. The number of pyridine rings is 1. The maximum absolute atomic E-state index is 6.17. The van der Waals surface area contributed by atoms with Gasteiger partial charge in [0, 0.05) is 11.8 Å². The Kier molecular flexibility index (Phi) is 3.73. The van der Waals surface area contributed by atoms with Gasteiger partial charge in [-0.25, -0.2) is 4.98 Å². The first-order chi connectivity index (χ1) is 10.0. The van der Waals surface area contributed by atoms with E-state index in [1.165, 1.54) is 0 Å². The molecule has 0 fully saturated rings. The Labute approximate surface area is 139 Å². The lowest BCUT2D eigenvalue weighted by Crippen LogP contribution is -1.94. The zero-order chi connectivity index (χ0) is 15.1. The Morgan fingerprint density at radius 3 is 2.71 bits per heavy atom. The SMILES string of the molecule is COc1ccc(-c2nc3c(Cl)cc(Cl)cn3c2N)cc1Br. The highest BCUT2D eigenvalue weighted by Gasteiger charge is 2.15. The highest BCUT2D eigenvalue weighted by molar-refractivity contribution is 9.10. The van der Waals surface area contributed by atoms with Gasteiger partial charge in [0.05, 0.1) is 21.6 Å². The number of ether oxygens (including phenoxy) is 1. The van der Waals surface area contributed by atoms with Crippen molar-refractivity contribution in [2.24, 2.45) is 0 Å². The molecule has 2 N–H and O–H groups in total. The first kappa shape index (κ1) is 14.5. The molecule has 0 bridgehead atoms. The van der Waals surface area contributed by atoms with Crippen LogP contribution in [-0.4, -0.2) is 16.5 Å². The number of hydrogen-bond donors (Lipinski definition) is 1. The van der Waals surface area contributed by atoms with E-state index < -0.39 is 0 Å². The van der Waals surface area contributed by atoms with E-state index in [1.807, 2.05) is 18.2 Å². The van der Waals surface area contributed by atoms with Gasteiger partial charge in [-0.3, -0.25) is 4.40 Å². The van der Waals surface area contributed by atoms with Gasteiger partial charge in [-0.1, -0.05) is 23.2 Å². The van der Waals surface area contributed by atoms with Crippen LogP contribution in [0.4, 0.5) is 5.82 Å². The van der Waals surface area contributed by atoms with Crippen molar-refractivity contribution in [3.8, 4) is 17.0 Å². The van der Waals surface area contributed by atoms with Crippen LogP contribution in [0, 0.1) is 0 Å². The maximum atomic E-state index is 6.17. The molecule has 3 aromatic rings. The Balaban J connectivity index is 2.23. The van der Waals surface area contributed by atoms with Gasteiger partial charge < -0.3 is 10.5 Å². The molecule has 0 aliphatic carbocycles. The van der Waals surface area contributed by atoms with Crippen LogP contribution in [0.3, 0.4) is 0 Å². The normalized spacial score (nSPS) is 11.0. The summed E-state index contributed by atoms with van der Waals surface area (Å²) in [6.07, 6.45) is 1.69. The summed E-state index contributed by atoms with van der Waals surface area (Å²) in [6.45, 7) is 0. The lowest BCUT2D eigenvalue weighted by Gasteiger charge is -2.05. The summed E-state index contributed by atoms with van der Waals surface area (Å²) in [6, 6.07) is 7.26. The third kappa shape index (κ3) is 2.46. The zero-order valence-electron chi connectivity index (χ0n) is 10.9. The maximum Gasteiger partial charge on any atom is 0.158 e. The molecule has 0 atom stereocenters. The van der Waals surface area contributed by atoms with Crippen LogP contribution in [0.15, 0.2) is 34.9 Å². The molecule has 0 radical (unpaired) electrons. The van der Waals surface area contributed by atoms with Crippen LogP contribution in [0.1, 0.15) is 0 Å². The molecule has 1 aromatic carbocycles. The molecule has 3 rings (SSSR count). The highest BCUT2D eigenvalue weighted by atomic mass is 79.9. The van der Waals surface area contributed by atoms with Crippen molar-refractivity contribution in [1.29, 1.82) is 0 Å². The molecular weight excluding hydrogens is 377 g/mol. The van der Waals surface area contributed by atoms with Crippen molar-refractivity contribution in [2.45, 2.75) is 0 Å². The van der Waals surface area contributed by atoms with Gasteiger partial charge in [0.2, 0.25) is 0 Å². The Morgan fingerprint density at radius 1 is 1.29 bits per heavy atom. The molecule has 0 saturated carbocycles. The van der Waals surface area contributed by atoms with Crippen LogP contribution in [0.5, 0.6) is 5.75 Å². The van der Waals surface area contributed by atoms with Gasteiger partial charge in [-0.15, -0.1) is 0 Å². The molecule has 108 valence electrons. The summed E-state index contributed by atoms with van der Waals surface area (Å²) in [4.78, 5) is 4.51. The number of nitrogen functional groups attached to an aromatic ring is 1. The summed E-state index contributed by atoms with van der Waals surface area (Å²) in [5.41, 5.74) is 8.23. The van der Waals surface area contributed by atoms with Crippen LogP contribution in [0.25, 0.3) is 16.9 Å². The zero-order valence-corrected chi connectivity index (χ0v) is 14.0. The van der Waals surface area contributed by atoms with E-state index >= 15 is 0 Å². The number of imidazole rings is 1. The molecule has 0 spiro atoms. The minimum absolute atomic E-state index is 0.452. The number of rotatable bonds is 2. The van der Waals surface area contributed by atoms with E-state index in [1.54, 1.807) is 23.8 Å². The lowest BCUT2D eigenvalue weighted by atomic mass is 10.1. The second-order valence-electron chi connectivity index (χ2n) is 4.39. The van der Waals surface area contributed by atoms with Crippen molar-refractivity contribution in [3.63, 3.8) is 0 Å². The third-order valence-electron chi connectivity index (χ3n) is 3.10. The van der Waals surface area contributed by atoms with Crippen LogP contribution >= 0.6 is 39.1 Å². The number of halogens is 3. The molecule has 4 nitrogen and oxygen atoms in total. The summed E-state index contributed by atoms with van der Waals surface area (Å²) < 4.78 is 7.72. The van der Waals surface area contributed by atoms with E-state index in [-0.39, 0.29) is 0 Å². The average molecular weight is 387 g/mol. The molecular formula is C14H10BrCl2N3O. The highest BCUT2D eigenvalue weighted by Crippen LogP contribution is 2.34. The standard InChI is InChI=1S/C14H10BrCl2N3O/c1-21-11-3-2-7(4-9(11)15)12-13(18)20-6-8(16)5-10(17)14(20)19-12/h2-6H,18H2,1H3. The predicted octanol–water partition coefficient (Wildman–Crippen LogP) is 4.66. The predicted molar refractivity (Wildman–Crippen MR) is 89.3 cm³/mol. The van der Waals surface area contributed by atoms with Gasteiger partial charge in [0.15, 0.2) is 5.65 Å². The minimum Gasteiger partial charge on any atom is -0.496 e. The Morgan fingerprint density at radius 2 is 2.05 bits per heavy atom. The second kappa shape index (κ2) is 5.40. The van der Waals surface area contributed by atoms with E-state index in [0.717, 1.165) is 15.8 Å². The number of methoxy groups -OCH3 is 1. The van der Waals surface area contributed by atoms with Gasteiger partial charge in [-0.05, 0) is 40.2 Å². The van der Waals surface area contributed by atoms with Gasteiger partial charge in [-0.2, -0.15) is 0 Å². The number of nitrogens with zero attached hydrogens (tertiary/aromatic N) is 2. The van der Waals surface area contributed by atoms with Gasteiger partial charge in [0.1, 0.15) is 17.3 Å². The van der Waals surface area contributed by atoms with Gasteiger partial charge in [0.25, 0.3) is 0 Å². The Hall–Kier alpha value is -1.43. The van der Waals surface area contributed by atoms with Crippen molar-refractivity contribution in [1.82, 2.24) is 9.38 Å². The van der Waals surface area contributed by atoms with Crippen molar-refractivity contribution in [3.05, 3.63) is 45.0 Å². The van der Waals surface area contributed by atoms with Crippen LogP contribution < -0.4 is 10.5 Å². The number of anilines is 1. The molecule has 21 heavy (non-hydrogen) atoms. The summed E-state index contributed by atoms with van der Waals surface area (Å²) >= 11 is 15.6. The molecule has 7 heteroatoms.